The Morgan fingerprint density at radius 2 is 1.86 bits per heavy atom. The van der Waals surface area contributed by atoms with Crippen molar-refractivity contribution in [1.82, 2.24) is 14.9 Å². The Balaban J connectivity index is 1.59. The number of hydrazine groups is 1. The minimum atomic E-state index is -0.143. The standard InChI is InChI=1S/C21H31N5O2/c1-3-25-20-18(12-7-13-22-20)24(21(28)26(25)4-2)15-19(27)23-14-8-10-16-9-5-6-11-17(16)23/h7,12-13,16-17H,3-6,8-11,14-15H2,1-2H3/t16-,17-/m0/s1. The first-order valence-corrected chi connectivity index (χ1v) is 10.8. The molecule has 0 N–H and O–H groups in total. The smallest absolute Gasteiger partial charge is 0.338 e. The van der Waals surface area contributed by atoms with Crippen molar-refractivity contribution in [2.75, 3.05) is 36.1 Å². The molecule has 0 spiro atoms. The number of hydrogen-bond donors (Lipinski definition) is 0. The lowest BCUT2D eigenvalue weighted by Crippen LogP contribution is -2.60. The fourth-order valence-electron chi connectivity index (χ4n) is 5.20. The molecular formula is C21H31N5O2. The number of fused-ring (bicyclic) bond motifs is 2. The third-order valence-electron chi connectivity index (χ3n) is 6.50. The Labute approximate surface area is 167 Å². The first kappa shape index (κ1) is 19.0. The second-order valence-corrected chi connectivity index (χ2v) is 7.99. The fourth-order valence-corrected chi connectivity index (χ4v) is 5.20. The lowest BCUT2D eigenvalue weighted by molar-refractivity contribution is -0.135. The van der Waals surface area contributed by atoms with E-state index in [4.69, 9.17) is 0 Å². The number of carbonyl (C=O) groups excluding carboxylic acids is 2. The molecule has 0 aromatic carbocycles. The highest BCUT2D eigenvalue weighted by Gasteiger charge is 2.40. The number of piperidine rings is 1. The molecule has 1 aromatic rings. The Morgan fingerprint density at radius 1 is 1.11 bits per heavy atom. The molecule has 3 heterocycles. The van der Waals surface area contributed by atoms with Gasteiger partial charge in [-0.2, -0.15) is 0 Å². The van der Waals surface area contributed by atoms with Gasteiger partial charge in [-0.15, -0.1) is 0 Å². The summed E-state index contributed by atoms with van der Waals surface area (Å²) in [6, 6.07) is 3.94. The van der Waals surface area contributed by atoms with Gasteiger partial charge in [0.05, 0.1) is 5.69 Å². The minimum Gasteiger partial charge on any atom is -0.338 e. The van der Waals surface area contributed by atoms with Crippen molar-refractivity contribution >= 4 is 23.4 Å². The van der Waals surface area contributed by atoms with Gasteiger partial charge in [0.2, 0.25) is 5.91 Å². The Morgan fingerprint density at radius 3 is 2.64 bits per heavy atom. The summed E-state index contributed by atoms with van der Waals surface area (Å²) in [5.74, 6) is 1.45. The Kier molecular flexibility index (Phi) is 5.42. The van der Waals surface area contributed by atoms with Crippen LogP contribution in [0.4, 0.5) is 16.3 Å². The zero-order valence-electron chi connectivity index (χ0n) is 17.0. The van der Waals surface area contributed by atoms with Crippen LogP contribution in [0.15, 0.2) is 18.3 Å². The average molecular weight is 386 g/mol. The van der Waals surface area contributed by atoms with Crippen LogP contribution in [0.25, 0.3) is 0 Å². The van der Waals surface area contributed by atoms with E-state index in [1.807, 2.05) is 31.0 Å². The van der Waals surface area contributed by atoms with E-state index in [0.29, 0.717) is 25.0 Å². The molecule has 2 aliphatic heterocycles. The van der Waals surface area contributed by atoms with E-state index in [2.05, 4.69) is 9.88 Å². The number of anilines is 2. The fraction of sp³-hybridized carbons (Fsp3) is 0.667. The van der Waals surface area contributed by atoms with Gasteiger partial charge in [0.25, 0.3) is 0 Å². The molecule has 152 valence electrons. The third kappa shape index (κ3) is 3.20. The lowest BCUT2D eigenvalue weighted by Gasteiger charge is -2.46. The van der Waals surface area contributed by atoms with Gasteiger partial charge in [-0.25, -0.2) is 14.8 Å². The van der Waals surface area contributed by atoms with Crippen LogP contribution in [-0.2, 0) is 4.79 Å². The minimum absolute atomic E-state index is 0.0701. The Bertz CT molecular complexity index is 737. The number of pyridine rings is 1. The van der Waals surface area contributed by atoms with E-state index < -0.39 is 0 Å². The number of urea groups is 1. The monoisotopic (exact) mass is 385 g/mol. The van der Waals surface area contributed by atoms with Crippen molar-refractivity contribution in [3.05, 3.63) is 18.3 Å². The van der Waals surface area contributed by atoms with Crippen LogP contribution in [0.3, 0.4) is 0 Å². The molecule has 1 aliphatic carbocycles. The number of nitrogens with zero attached hydrogens (tertiary/aromatic N) is 5. The van der Waals surface area contributed by atoms with Crippen LogP contribution in [-0.4, -0.2) is 59.1 Å². The topological polar surface area (TPSA) is 60.0 Å². The number of likely N-dealkylation sites (tertiary alicyclic amines) is 1. The highest BCUT2D eigenvalue weighted by atomic mass is 16.2. The molecule has 4 rings (SSSR count). The van der Waals surface area contributed by atoms with Crippen molar-refractivity contribution in [2.45, 2.75) is 58.4 Å². The maximum atomic E-state index is 13.3. The van der Waals surface area contributed by atoms with E-state index >= 15 is 0 Å². The number of carbonyl (C=O) groups is 2. The second kappa shape index (κ2) is 7.97. The highest BCUT2D eigenvalue weighted by Crippen LogP contribution is 2.37. The zero-order valence-corrected chi connectivity index (χ0v) is 17.0. The van der Waals surface area contributed by atoms with E-state index in [9.17, 15) is 9.59 Å². The summed E-state index contributed by atoms with van der Waals surface area (Å²) in [4.78, 5) is 34.7. The molecule has 28 heavy (non-hydrogen) atoms. The largest absolute Gasteiger partial charge is 0.343 e. The van der Waals surface area contributed by atoms with E-state index in [1.54, 1.807) is 16.1 Å². The molecule has 0 bridgehead atoms. The normalized spacial score (nSPS) is 24.9. The van der Waals surface area contributed by atoms with E-state index in [1.165, 1.54) is 25.7 Å². The summed E-state index contributed by atoms with van der Waals surface area (Å²) in [5.41, 5.74) is 0.726. The summed E-state index contributed by atoms with van der Waals surface area (Å²) in [6.07, 6.45) is 8.87. The van der Waals surface area contributed by atoms with Gasteiger partial charge >= 0.3 is 6.03 Å². The molecule has 7 heteroatoms. The molecule has 3 aliphatic rings. The van der Waals surface area contributed by atoms with Gasteiger partial charge < -0.3 is 4.90 Å². The van der Waals surface area contributed by atoms with Gasteiger partial charge in [0.15, 0.2) is 5.82 Å². The first-order valence-electron chi connectivity index (χ1n) is 10.8. The number of rotatable bonds is 4. The molecule has 1 aromatic heterocycles. The summed E-state index contributed by atoms with van der Waals surface area (Å²) < 4.78 is 0. The lowest BCUT2D eigenvalue weighted by atomic mass is 9.78. The van der Waals surface area contributed by atoms with Crippen molar-refractivity contribution in [1.29, 1.82) is 0 Å². The van der Waals surface area contributed by atoms with Gasteiger partial charge in [-0.05, 0) is 57.6 Å². The Hall–Kier alpha value is -2.31. The van der Waals surface area contributed by atoms with E-state index in [-0.39, 0.29) is 18.5 Å². The quantitative estimate of drug-likeness (QED) is 0.798. The highest BCUT2D eigenvalue weighted by molar-refractivity contribution is 6.03. The SMILES string of the molecule is CCN1C(=O)N(CC(=O)N2CCC[C@@H]3CCCC[C@@H]32)c2cccnc2N1CC. The molecule has 7 nitrogen and oxygen atoms in total. The summed E-state index contributed by atoms with van der Waals surface area (Å²) in [6.45, 7) is 6.07. The second-order valence-electron chi connectivity index (χ2n) is 7.99. The molecular weight excluding hydrogens is 354 g/mol. The molecule has 1 saturated carbocycles. The van der Waals surface area contributed by atoms with Crippen LogP contribution in [0, 0.1) is 5.92 Å². The van der Waals surface area contributed by atoms with Crippen LogP contribution in [0.1, 0.15) is 52.4 Å². The first-order chi connectivity index (χ1) is 13.7. The van der Waals surface area contributed by atoms with Crippen LogP contribution < -0.4 is 9.91 Å². The maximum Gasteiger partial charge on any atom is 0.343 e. The van der Waals surface area contributed by atoms with Crippen molar-refractivity contribution in [2.24, 2.45) is 5.92 Å². The van der Waals surface area contributed by atoms with Crippen LogP contribution >= 0.6 is 0 Å². The molecule has 1 saturated heterocycles. The van der Waals surface area contributed by atoms with Gasteiger partial charge in [0.1, 0.15) is 6.54 Å². The van der Waals surface area contributed by atoms with Crippen LogP contribution in [0.5, 0.6) is 0 Å². The van der Waals surface area contributed by atoms with Crippen LogP contribution in [0.2, 0.25) is 0 Å². The molecule has 2 fully saturated rings. The number of aromatic nitrogens is 1. The average Bonchev–Trinajstić information content (AvgIpc) is 2.74. The summed E-state index contributed by atoms with van der Waals surface area (Å²) >= 11 is 0. The van der Waals surface area contributed by atoms with Gasteiger partial charge in [-0.3, -0.25) is 14.7 Å². The third-order valence-corrected chi connectivity index (χ3v) is 6.50. The molecule has 0 unspecified atom stereocenters. The zero-order chi connectivity index (χ0) is 19.7. The number of amides is 3. The van der Waals surface area contributed by atoms with Gasteiger partial charge in [0, 0.05) is 31.9 Å². The predicted octanol–water partition coefficient (Wildman–Crippen LogP) is 3.27. The summed E-state index contributed by atoms with van der Waals surface area (Å²) in [7, 11) is 0. The predicted molar refractivity (Wildman–Crippen MR) is 109 cm³/mol. The molecule has 0 radical (unpaired) electrons. The van der Waals surface area contributed by atoms with Crippen molar-refractivity contribution in [3.8, 4) is 0 Å². The van der Waals surface area contributed by atoms with Gasteiger partial charge in [-0.1, -0.05) is 12.8 Å². The molecule has 3 amide bonds. The number of hydrogen-bond acceptors (Lipinski definition) is 4. The maximum absolute atomic E-state index is 13.3. The molecule has 2 atom stereocenters. The van der Waals surface area contributed by atoms with Crippen molar-refractivity contribution in [3.63, 3.8) is 0 Å². The summed E-state index contributed by atoms with van der Waals surface area (Å²) in [5, 5.41) is 3.58. The van der Waals surface area contributed by atoms with Crippen molar-refractivity contribution < 1.29 is 9.59 Å². The van der Waals surface area contributed by atoms with E-state index in [0.717, 1.165) is 30.9 Å².